The van der Waals surface area contributed by atoms with Crippen molar-refractivity contribution in [3.05, 3.63) is 57.5 Å². The standard InChI is InChI=1S/C34H44N4O9/c1-10-19(2)29(35-33(41)47-34(3,4)5)32(40)46-18-21-17-38(37-36-21)24-13-11-20-15-27(43-7)30(44-8)31(45-9)28(20)22-12-14-26(42-6)25(39)16-23(22)24/h12,14-17,19,24,29H,10-11,13,18H2,1-9H3,(H,35,41)/t19-,24-,29-/m0/s1. The van der Waals surface area contributed by atoms with E-state index in [9.17, 15) is 14.4 Å². The number of alkyl carbamates (subject to hydrolysis) is 1. The Morgan fingerprint density at radius 1 is 1.02 bits per heavy atom. The van der Waals surface area contributed by atoms with E-state index in [1.54, 1.807) is 65.1 Å². The van der Waals surface area contributed by atoms with E-state index in [1.165, 1.54) is 7.11 Å². The normalized spacial score (nSPS) is 15.2. The number of hydrogen-bond acceptors (Lipinski definition) is 11. The Kier molecular flexibility index (Phi) is 11.0. The van der Waals surface area contributed by atoms with Crippen molar-refractivity contribution >= 4 is 12.1 Å². The molecule has 0 saturated heterocycles. The monoisotopic (exact) mass is 652 g/mol. The number of aryl methyl sites for hydroxylation is 1. The largest absolute Gasteiger partial charge is 0.493 e. The van der Waals surface area contributed by atoms with Crippen molar-refractivity contribution in [3.8, 4) is 34.1 Å². The summed E-state index contributed by atoms with van der Waals surface area (Å²) in [7, 11) is 6.11. The molecule has 254 valence electrons. The molecule has 13 heteroatoms. The molecule has 0 radical (unpaired) electrons. The first-order valence-corrected chi connectivity index (χ1v) is 15.5. The molecule has 0 spiro atoms. The summed E-state index contributed by atoms with van der Waals surface area (Å²) in [5.74, 6) is 0.791. The number of aromatic nitrogens is 3. The highest BCUT2D eigenvalue weighted by Crippen LogP contribution is 2.50. The zero-order valence-corrected chi connectivity index (χ0v) is 28.5. The van der Waals surface area contributed by atoms with E-state index in [0.717, 1.165) is 16.7 Å². The summed E-state index contributed by atoms with van der Waals surface area (Å²) in [6.45, 7) is 8.83. The Balaban J connectivity index is 1.68. The molecule has 0 unspecified atom stereocenters. The first-order valence-electron chi connectivity index (χ1n) is 15.5. The minimum Gasteiger partial charge on any atom is -0.493 e. The number of hydrogen-bond donors (Lipinski definition) is 1. The highest BCUT2D eigenvalue weighted by molar-refractivity contribution is 5.83. The number of carbonyl (C=O) groups excluding carboxylic acids is 2. The Hall–Kier alpha value is -4.81. The molecule has 0 saturated carbocycles. The second-order valence-electron chi connectivity index (χ2n) is 12.3. The van der Waals surface area contributed by atoms with E-state index in [-0.39, 0.29) is 23.7 Å². The molecule has 0 bridgehead atoms. The molecule has 1 aliphatic rings. The smallest absolute Gasteiger partial charge is 0.408 e. The van der Waals surface area contributed by atoms with Crippen LogP contribution < -0.4 is 29.7 Å². The molecule has 1 heterocycles. The maximum Gasteiger partial charge on any atom is 0.408 e. The molecule has 1 N–H and O–H groups in total. The van der Waals surface area contributed by atoms with Crippen molar-refractivity contribution in [2.75, 3.05) is 28.4 Å². The van der Waals surface area contributed by atoms with Crippen molar-refractivity contribution < 1.29 is 38.0 Å². The van der Waals surface area contributed by atoms with Crippen molar-refractivity contribution in [2.45, 2.75) is 78.2 Å². The zero-order chi connectivity index (χ0) is 34.5. The molecule has 0 fully saturated rings. The number of amides is 1. The molecule has 2 aromatic carbocycles. The molecule has 4 rings (SSSR count). The molecular formula is C34H44N4O9. The Morgan fingerprint density at radius 3 is 2.34 bits per heavy atom. The van der Waals surface area contributed by atoms with Gasteiger partial charge in [0.15, 0.2) is 17.2 Å². The number of rotatable bonds is 11. The fourth-order valence-corrected chi connectivity index (χ4v) is 5.59. The Morgan fingerprint density at radius 2 is 1.72 bits per heavy atom. The van der Waals surface area contributed by atoms with Gasteiger partial charge in [-0.25, -0.2) is 14.3 Å². The lowest BCUT2D eigenvalue weighted by Gasteiger charge is -2.25. The average molecular weight is 653 g/mol. The topological polar surface area (TPSA) is 149 Å². The molecule has 3 atom stereocenters. The SMILES string of the molecule is CC[C@H](C)[C@H](NC(=O)OC(C)(C)C)C(=O)OCc1cn([C@H]2CCc3cc(OC)c(OC)c(OC)c3-c3ccc(OC)c(=O)cc32)nn1. The van der Waals surface area contributed by atoms with Crippen LogP contribution in [0.4, 0.5) is 4.79 Å². The summed E-state index contributed by atoms with van der Waals surface area (Å²) < 4.78 is 35.1. The Labute approximate surface area is 274 Å². The molecule has 1 aliphatic carbocycles. The van der Waals surface area contributed by atoms with Gasteiger partial charge in [-0.05, 0) is 74.4 Å². The van der Waals surface area contributed by atoms with Crippen molar-refractivity contribution in [1.82, 2.24) is 20.3 Å². The zero-order valence-electron chi connectivity index (χ0n) is 28.5. The van der Waals surface area contributed by atoms with E-state index in [0.29, 0.717) is 47.8 Å². The minimum atomic E-state index is -0.911. The van der Waals surface area contributed by atoms with Crippen LogP contribution in [0.2, 0.25) is 0 Å². The van der Waals surface area contributed by atoms with Gasteiger partial charge in [0.25, 0.3) is 0 Å². The summed E-state index contributed by atoms with van der Waals surface area (Å²) in [5, 5.41) is 11.3. The van der Waals surface area contributed by atoms with Crippen LogP contribution in [-0.2, 0) is 27.3 Å². The third kappa shape index (κ3) is 7.78. The van der Waals surface area contributed by atoms with E-state index < -0.39 is 29.7 Å². The molecular weight excluding hydrogens is 608 g/mol. The van der Waals surface area contributed by atoms with Crippen molar-refractivity contribution in [3.63, 3.8) is 0 Å². The van der Waals surface area contributed by atoms with E-state index in [2.05, 4.69) is 15.6 Å². The number of esters is 1. The molecule has 1 aromatic heterocycles. The predicted molar refractivity (Wildman–Crippen MR) is 173 cm³/mol. The molecule has 1 amide bonds. The fourth-order valence-electron chi connectivity index (χ4n) is 5.59. The number of fused-ring (bicyclic) bond motifs is 3. The minimum absolute atomic E-state index is 0.174. The van der Waals surface area contributed by atoms with Gasteiger partial charge in [0.2, 0.25) is 11.2 Å². The second kappa shape index (κ2) is 14.7. The maximum absolute atomic E-state index is 13.2. The summed E-state index contributed by atoms with van der Waals surface area (Å²) in [5.41, 5.74) is 2.48. The number of methoxy groups -OCH3 is 4. The van der Waals surface area contributed by atoms with Gasteiger partial charge in [-0.1, -0.05) is 31.5 Å². The highest BCUT2D eigenvalue weighted by atomic mass is 16.6. The van der Waals surface area contributed by atoms with Gasteiger partial charge in [0, 0.05) is 5.56 Å². The van der Waals surface area contributed by atoms with E-state index >= 15 is 0 Å². The van der Waals surface area contributed by atoms with Crippen molar-refractivity contribution in [2.24, 2.45) is 5.92 Å². The third-order valence-electron chi connectivity index (χ3n) is 8.07. The maximum atomic E-state index is 13.2. The van der Waals surface area contributed by atoms with Crippen LogP contribution >= 0.6 is 0 Å². The highest BCUT2D eigenvalue weighted by Gasteiger charge is 2.32. The molecule has 3 aromatic rings. The first kappa shape index (κ1) is 35.1. The summed E-state index contributed by atoms with van der Waals surface area (Å²) in [6, 6.07) is 5.58. The number of benzene rings is 1. The molecule has 47 heavy (non-hydrogen) atoms. The van der Waals surface area contributed by atoms with Crippen LogP contribution in [0.25, 0.3) is 11.1 Å². The van der Waals surface area contributed by atoms with Gasteiger partial charge >= 0.3 is 12.1 Å². The van der Waals surface area contributed by atoms with Crippen LogP contribution in [0.3, 0.4) is 0 Å². The lowest BCUT2D eigenvalue weighted by molar-refractivity contribution is -0.149. The predicted octanol–water partition coefficient (Wildman–Crippen LogP) is 4.86. The van der Waals surface area contributed by atoms with Crippen LogP contribution in [0, 0.1) is 5.92 Å². The lowest BCUT2D eigenvalue weighted by atomic mass is 9.95. The third-order valence-corrected chi connectivity index (χ3v) is 8.07. The van der Waals surface area contributed by atoms with Crippen molar-refractivity contribution in [1.29, 1.82) is 0 Å². The van der Waals surface area contributed by atoms with Gasteiger partial charge in [0.05, 0.1) is 40.7 Å². The van der Waals surface area contributed by atoms with Crippen LogP contribution in [0.1, 0.15) is 70.3 Å². The van der Waals surface area contributed by atoms with Gasteiger partial charge in [0.1, 0.15) is 23.9 Å². The van der Waals surface area contributed by atoms with E-state index in [1.807, 2.05) is 26.0 Å². The van der Waals surface area contributed by atoms with Gasteiger partial charge in [-0.2, -0.15) is 0 Å². The molecule has 0 aliphatic heterocycles. The second-order valence-corrected chi connectivity index (χ2v) is 12.3. The van der Waals surface area contributed by atoms with E-state index in [4.69, 9.17) is 28.4 Å². The van der Waals surface area contributed by atoms with Gasteiger partial charge < -0.3 is 33.7 Å². The number of nitrogens with zero attached hydrogens (tertiary/aromatic N) is 3. The average Bonchev–Trinajstić information content (AvgIpc) is 3.37. The summed E-state index contributed by atoms with van der Waals surface area (Å²) in [4.78, 5) is 38.8. The lowest BCUT2D eigenvalue weighted by Crippen LogP contribution is -2.47. The van der Waals surface area contributed by atoms with Gasteiger partial charge in [-0.3, -0.25) is 4.79 Å². The Bertz CT molecular complexity index is 1660. The number of ether oxygens (including phenoxy) is 6. The summed E-state index contributed by atoms with van der Waals surface area (Å²) >= 11 is 0. The van der Waals surface area contributed by atoms with Crippen LogP contribution in [0.5, 0.6) is 23.0 Å². The first-order chi connectivity index (χ1) is 22.3. The van der Waals surface area contributed by atoms with Crippen LogP contribution in [0.15, 0.2) is 35.3 Å². The summed E-state index contributed by atoms with van der Waals surface area (Å²) in [6.07, 6.45) is 2.74. The molecule has 13 nitrogen and oxygen atoms in total. The fraction of sp³-hybridized carbons (Fsp3) is 0.500. The number of carbonyl (C=O) groups is 2. The van der Waals surface area contributed by atoms with Gasteiger partial charge in [-0.15, -0.1) is 5.10 Å². The van der Waals surface area contributed by atoms with Crippen LogP contribution in [-0.4, -0.2) is 67.1 Å². The quantitative estimate of drug-likeness (QED) is 0.283. The number of nitrogens with one attached hydrogen (secondary N) is 1.